The summed E-state index contributed by atoms with van der Waals surface area (Å²) in [6.45, 7) is 7.86. The average Bonchev–Trinajstić information content (AvgIpc) is 3.22. The van der Waals surface area contributed by atoms with Crippen molar-refractivity contribution in [3.05, 3.63) is 72.6 Å². The van der Waals surface area contributed by atoms with E-state index in [0.717, 1.165) is 5.75 Å². The lowest BCUT2D eigenvalue weighted by molar-refractivity contribution is -0.115. The van der Waals surface area contributed by atoms with Crippen molar-refractivity contribution in [1.29, 1.82) is 0 Å². The van der Waals surface area contributed by atoms with Crippen LogP contribution in [0.4, 0.5) is 5.69 Å². The summed E-state index contributed by atoms with van der Waals surface area (Å²) < 4.78 is 13.0. The predicted molar refractivity (Wildman–Crippen MR) is 130 cm³/mol. The Hall–Kier alpha value is -3.79. The summed E-state index contributed by atoms with van der Waals surface area (Å²) in [5.74, 6) is 0.641. The monoisotopic (exact) mass is 482 g/mol. The zero-order valence-electron chi connectivity index (χ0n) is 19.1. The Kier molecular flexibility index (Phi) is 8.31. The van der Waals surface area contributed by atoms with Crippen LogP contribution in [0.2, 0.25) is 0 Å². The van der Waals surface area contributed by atoms with E-state index in [2.05, 4.69) is 22.1 Å². The third kappa shape index (κ3) is 6.16. The molecule has 0 radical (unpaired) electrons. The SMILES string of the molecule is C=CCn1c(SC(C)C(=O)Nc2cccc(C(=O)O)c2)nnc1C(C)Oc1ccc(OC)cc1. The van der Waals surface area contributed by atoms with Crippen LogP contribution in [-0.4, -0.2) is 44.1 Å². The van der Waals surface area contributed by atoms with Gasteiger partial charge in [0.25, 0.3) is 0 Å². The highest BCUT2D eigenvalue weighted by Gasteiger charge is 2.23. The minimum absolute atomic E-state index is 0.0966. The van der Waals surface area contributed by atoms with Gasteiger partial charge >= 0.3 is 5.97 Å². The van der Waals surface area contributed by atoms with Gasteiger partial charge in [-0.25, -0.2) is 4.79 Å². The van der Waals surface area contributed by atoms with Crippen molar-refractivity contribution in [2.24, 2.45) is 0 Å². The summed E-state index contributed by atoms with van der Waals surface area (Å²) in [5, 5.41) is 20.5. The number of aromatic carboxylic acids is 1. The topological polar surface area (TPSA) is 116 Å². The molecule has 2 unspecified atom stereocenters. The van der Waals surface area contributed by atoms with Crippen molar-refractivity contribution in [3.8, 4) is 11.5 Å². The zero-order chi connectivity index (χ0) is 24.7. The first-order valence-corrected chi connectivity index (χ1v) is 11.4. The van der Waals surface area contributed by atoms with Crippen LogP contribution < -0.4 is 14.8 Å². The van der Waals surface area contributed by atoms with Crippen LogP contribution in [0, 0.1) is 0 Å². The molecule has 1 amide bonds. The normalized spacial score (nSPS) is 12.4. The molecular weight excluding hydrogens is 456 g/mol. The first-order chi connectivity index (χ1) is 16.3. The number of methoxy groups -OCH3 is 1. The Morgan fingerprint density at radius 2 is 1.88 bits per heavy atom. The van der Waals surface area contributed by atoms with E-state index in [1.807, 2.05) is 35.8 Å². The lowest BCUT2D eigenvalue weighted by Gasteiger charge is -2.17. The molecule has 0 spiro atoms. The standard InChI is InChI=1S/C24H26N4O5S/c1-5-13-28-21(15(2)33-20-11-9-19(32-4)10-12-20)26-27-24(28)34-16(3)22(29)25-18-8-6-7-17(14-18)23(30)31/h5-12,14-16H,1,13H2,2-4H3,(H,25,29)(H,30,31). The number of thioether (sulfide) groups is 1. The molecule has 0 aliphatic rings. The van der Waals surface area contributed by atoms with Gasteiger partial charge in [-0.05, 0) is 56.3 Å². The zero-order valence-corrected chi connectivity index (χ0v) is 19.9. The van der Waals surface area contributed by atoms with Gasteiger partial charge in [-0.3, -0.25) is 9.36 Å². The molecule has 3 rings (SSSR count). The number of aromatic nitrogens is 3. The molecule has 34 heavy (non-hydrogen) atoms. The van der Waals surface area contributed by atoms with Crippen molar-refractivity contribution in [3.63, 3.8) is 0 Å². The molecule has 0 bridgehead atoms. The van der Waals surface area contributed by atoms with E-state index in [-0.39, 0.29) is 11.5 Å². The summed E-state index contributed by atoms with van der Waals surface area (Å²) in [7, 11) is 1.60. The number of anilines is 1. The van der Waals surface area contributed by atoms with Crippen molar-refractivity contribution in [1.82, 2.24) is 14.8 Å². The van der Waals surface area contributed by atoms with Gasteiger partial charge in [0, 0.05) is 12.2 Å². The number of nitrogens with zero attached hydrogens (tertiary/aromatic N) is 3. The number of rotatable bonds is 11. The Morgan fingerprint density at radius 3 is 2.53 bits per heavy atom. The highest BCUT2D eigenvalue weighted by molar-refractivity contribution is 8.00. The van der Waals surface area contributed by atoms with Crippen molar-refractivity contribution >= 4 is 29.3 Å². The van der Waals surface area contributed by atoms with Crippen LogP contribution in [0.5, 0.6) is 11.5 Å². The number of carboxylic acid groups (broad SMARTS) is 1. The highest BCUT2D eigenvalue weighted by atomic mass is 32.2. The van der Waals surface area contributed by atoms with Crippen LogP contribution in [0.1, 0.15) is 36.1 Å². The van der Waals surface area contributed by atoms with E-state index in [4.69, 9.17) is 14.6 Å². The van der Waals surface area contributed by atoms with Gasteiger partial charge in [-0.2, -0.15) is 0 Å². The summed E-state index contributed by atoms with van der Waals surface area (Å²) in [6, 6.07) is 13.3. The number of allylic oxidation sites excluding steroid dienone is 1. The van der Waals surface area contributed by atoms with Gasteiger partial charge in [-0.1, -0.05) is 23.9 Å². The molecular formula is C24H26N4O5S. The number of hydrogen-bond donors (Lipinski definition) is 2. The minimum atomic E-state index is -1.06. The number of carbonyl (C=O) groups excluding carboxylic acids is 1. The fourth-order valence-electron chi connectivity index (χ4n) is 3.09. The third-order valence-corrected chi connectivity index (χ3v) is 5.90. The van der Waals surface area contributed by atoms with Crippen molar-refractivity contribution in [2.45, 2.75) is 36.9 Å². The van der Waals surface area contributed by atoms with Crippen molar-refractivity contribution < 1.29 is 24.2 Å². The minimum Gasteiger partial charge on any atom is -0.497 e. The second-order valence-electron chi connectivity index (χ2n) is 7.31. The van der Waals surface area contributed by atoms with Gasteiger partial charge in [0.2, 0.25) is 5.91 Å². The lowest BCUT2D eigenvalue weighted by atomic mass is 10.2. The molecule has 2 atom stereocenters. The van der Waals surface area contributed by atoms with Gasteiger partial charge < -0.3 is 19.9 Å². The Bertz CT molecular complexity index is 1160. The van der Waals surface area contributed by atoms with E-state index >= 15 is 0 Å². The number of amides is 1. The molecule has 0 fully saturated rings. The number of benzene rings is 2. The summed E-state index contributed by atoms with van der Waals surface area (Å²) >= 11 is 1.24. The third-order valence-electron chi connectivity index (χ3n) is 4.82. The van der Waals surface area contributed by atoms with E-state index in [1.165, 1.54) is 23.9 Å². The number of nitrogens with one attached hydrogen (secondary N) is 1. The fraction of sp³-hybridized carbons (Fsp3) is 0.250. The maximum atomic E-state index is 12.7. The summed E-state index contributed by atoms with van der Waals surface area (Å²) in [4.78, 5) is 23.9. The largest absolute Gasteiger partial charge is 0.497 e. The van der Waals surface area contributed by atoms with E-state index in [0.29, 0.717) is 29.0 Å². The first-order valence-electron chi connectivity index (χ1n) is 10.5. The Balaban J connectivity index is 1.71. The summed E-state index contributed by atoms with van der Waals surface area (Å²) in [6.07, 6.45) is 1.32. The van der Waals surface area contributed by atoms with E-state index < -0.39 is 17.3 Å². The van der Waals surface area contributed by atoms with Crippen LogP contribution in [0.3, 0.4) is 0 Å². The molecule has 0 saturated carbocycles. The molecule has 1 aromatic heterocycles. The predicted octanol–water partition coefficient (Wildman–Crippen LogP) is 4.43. The second-order valence-corrected chi connectivity index (χ2v) is 8.62. The molecule has 0 saturated heterocycles. The average molecular weight is 483 g/mol. The Morgan fingerprint density at radius 1 is 1.18 bits per heavy atom. The van der Waals surface area contributed by atoms with Crippen LogP contribution in [0.15, 0.2) is 66.3 Å². The second kappa shape index (κ2) is 11.4. The van der Waals surface area contributed by atoms with Gasteiger partial charge in [0.15, 0.2) is 17.1 Å². The van der Waals surface area contributed by atoms with E-state index in [9.17, 15) is 9.59 Å². The lowest BCUT2D eigenvalue weighted by Crippen LogP contribution is -2.23. The van der Waals surface area contributed by atoms with Crippen LogP contribution in [-0.2, 0) is 11.3 Å². The van der Waals surface area contributed by atoms with Crippen molar-refractivity contribution in [2.75, 3.05) is 12.4 Å². The number of ether oxygens (including phenoxy) is 2. The van der Waals surface area contributed by atoms with Gasteiger partial charge in [0.05, 0.1) is 17.9 Å². The van der Waals surface area contributed by atoms with Gasteiger partial charge in [0.1, 0.15) is 11.5 Å². The van der Waals surface area contributed by atoms with Crippen LogP contribution in [0.25, 0.3) is 0 Å². The molecule has 178 valence electrons. The van der Waals surface area contributed by atoms with Crippen LogP contribution >= 0.6 is 11.8 Å². The number of carbonyl (C=O) groups is 2. The quantitative estimate of drug-likeness (QED) is 0.305. The molecule has 1 heterocycles. The molecule has 3 aromatic rings. The first kappa shape index (κ1) is 24.8. The van der Waals surface area contributed by atoms with E-state index in [1.54, 1.807) is 32.2 Å². The van der Waals surface area contributed by atoms with Gasteiger partial charge in [-0.15, -0.1) is 16.8 Å². The highest BCUT2D eigenvalue weighted by Crippen LogP contribution is 2.28. The molecule has 0 aliphatic carbocycles. The number of hydrogen-bond acceptors (Lipinski definition) is 7. The molecule has 2 N–H and O–H groups in total. The molecule has 9 nitrogen and oxygen atoms in total. The summed E-state index contributed by atoms with van der Waals surface area (Å²) in [5.41, 5.74) is 0.506. The smallest absolute Gasteiger partial charge is 0.335 e. The molecule has 2 aromatic carbocycles. The maximum Gasteiger partial charge on any atom is 0.335 e. The number of carboxylic acids is 1. The fourth-order valence-corrected chi connectivity index (χ4v) is 3.95. The molecule has 0 aliphatic heterocycles. The maximum absolute atomic E-state index is 12.7. The Labute approximate surface area is 201 Å². The molecule has 10 heteroatoms.